The van der Waals surface area contributed by atoms with Gasteiger partial charge in [0.25, 0.3) is 0 Å². The van der Waals surface area contributed by atoms with Gasteiger partial charge in [-0.15, -0.1) is 0 Å². The van der Waals surface area contributed by atoms with Gasteiger partial charge in [-0.25, -0.2) is 4.98 Å². The molecule has 0 radical (unpaired) electrons. The van der Waals surface area contributed by atoms with Gasteiger partial charge in [0.1, 0.15) is 11.8 Å². The standard InChI is InChI=1S/C26H23F3N4O4/c1-14-4-2-3-5-17(14)22-18(10-11-36-22)23(26(27,28)29)37-21-13-20(32-25(31)33-21)16-8-6-15(7-9-16)12-19(30)24(34)35/h2-11,13,19,23H,12,30H2,1H3,(H,34,35)(H2,31,32,33)/t19-,23?/m0/s1. The number of alkyl halides is 3. The van der Waals surface area contributed by atoms with Gasteiger partial charge in [0.15, 0.2) is 0 Å². The molecule has 0 bridgehead atoms. The lowest BCUT2D eigenvalue weighted by Crippen LogP contribution is -2.32. The number of hydrogen-bond donors (Lipinski definition) is 3. The highest BCUT2D eigenvalue weighted by Gasteiger charge is 2.45. The van der Waals surface area contributed by atoms with Crippen molar-refractivity contribution in [3.8, 4) is 28.5 Å². The summed E-state index contributed by atoms with van der Waals surface area (Å²) in [5.41, 5.74) is 13.8. The topological polar surface area (TPSA) is 137 Å². The number of aryl methyl sites for hydroxylation is 1. The van der Waals surface area contributed by atoms with Gasteiger partial charge in [-0.1, -0.05) is 48.5 Å². The van der Waals surface area contributed by atoms with Crippen molar-refractivity contribution in [1.29, 1.82) is 0 Å². The number of carboxylic acid groups (broad SMARTS) is 1. The molecule has 2 atom stereocenters. The molecule has 8 nitrogen and oxygen atoms in total. The number of benzene rings is 2. The molecule has 4 rings (SSSR count). The maximum Gasteiger partial charge on any atom is 0.429 e. The third kappa shape index (κ3) is 5.89. The minimum atomic E-state index is -4.80. The van der Waals surface area contributed by atoms with Gasteiger partial charge in [0.05, 0.1) is 12.0 Å². The van der Waals surface area contributed by atoms with Crippen LogP contribution in [-0.4, -0.2) is 33.3 Å². The summed E-state index contributed by atoms with van der Waals surface area (Å²) in [6, 6.07) is 14.9. The lowest BCUT2D eigenvalue weighted by atomic mass is 10.0. The number of furan rings is 1. The third-order valence-corrected chi connectivity index (χ3v) is 5.65. The summed E-state index contributed by atoms with van der Waals surface area (Å²) >= 11 is 0. The van der Waals surface area contributed by atoms with Gasteiger partial charge in [-0.2, -0.15) is 18.2 Å². The van der Waals surface area contributed by atoms with Gasteiger partial charge in [-0.3, -0.25) is 4.79 Å². The van der Waals surface area contributed by atoms with Crippen LogP contribution in [0.4, 0.5) is 19.1 Å². The monoisotopic (exact) mass is 512 g/mol. The van der Waals surface area contributed by atoms with Crippen molar-refractivity contribution in [2.24, 2.45) is 5.73 Å². The second-order valence-corrected chi connectivity index (χ2v) is 8.35. The fourth-order valence-electron chi connectivity index (χ4n) is 3.80. The van der Waals surface area contributed by atoms with Crippen LogP contribution in [0.15, 0.2) is 71.3 Å². The molecule has 0 aliphatic carbocycles. The van der Waals surface area contributed by atoms with Crippen molar-refractivity contribution < 1.29 is 32.2 Å². The van der Waals surface area contributed by atoms with Crippen molar-refractivity contribution >= 4 is 11.9 Å². The second-order valence-electron chi connectivity index (χ2n) is 8.35. The molecule has 2 aromatic heterocycles. The predicted octanol–water partition coefficient (Wildman–Crippen LogP) is 4.93. The molecular weight excluding hydrogens is 489 g/mol. The maximum atomic E-state index is 14.2. The van der Waals surface area contributed by atoms with E-state index in [-0.39, 0.29) is 35.3 Å². The van der Waals surface area contributed by atoms with Crippen LogP contribution in [-0.2, 0) is 11.2 Å². The van der Waals surface area contributed by atoms with E-state index in [2.05, 4.69) is 9.97 Å². The average molecular weight is 512 g/mol. The molecule has 0 spiro atoms. The first kappa shape index (κ1) is 25.7. The summed E-state index contributed by atoms with van der Waals surface area (Å²) in [4.78, 5) is 18.9. The number of ether oxygens (including phenoxy) is 1. The van der Waals surface area contributed by atoms with E-state index in [0.29, 0.717) is 16.7 Å². The van der Waals surface area contributed by atoms with Gasteiger partial charge in [0, 0.05) is 22.8 Å². The fraction of sp³-hybridized carbons (Fsp3) is 0.192. The molecule has 37 heavy (non-hydrogen) atoms. The summed E-state index contributed by atoms with van der Waals surface area (Å²) in [7, 11) is 0. The van der Waals surface area contributed by atoms with Gasteiger partial charge >= 0.3 is 12.1 Å². The smallest absolute Gasteiger partial charge is 0.429 e. The largest absolute Gasteiger partial charge is 0.480 e. The first-order chi connectivity index (χ1) is 17.5. The van der Waals surface area contributed by atoms with Crippen LogP contribution in [0.25, 0.3) is 22.6 Å². The summed E-state index contributed by atoms with van der Waals surface area (Å²) in [5.74, 6) is -1.75. The number of nitrogen functional groups attached to an aromatic ring is 1. The van der Waals surface area contributed by atoms with Gasteiger partial charge in [-0.05, 0) is 30.5 Å². The first-order valence-electron chi connectivity index (χ1n) is 11.1. The summed E-state index contributed by atoms with van der Waals surface area (Å²) in [6.45, 7) is 1.77. The van der Waals surface area contributed by atoms with Crippen LogP contribution in [0, 0.1) is 6.92 Å². The number of carboxylic acids is 1. The van der Waals surface area contributed by atoms with E-state index in [0.717, 1.165) is 5.56 Å². The number of hydrogen-bond acceptors (Lipinski definition) is 7. The van der Waals surface area contributed by atoms with Crippen molar-refractivity contribution in [3.05, 3.63) is 83.6 Å². The number of carbonyl (C=O) groups is 1. The lowest BCUT2D eigenvalue weighted by Gasteiger charge is -2.22. The zero-order valence-electron chi connectivity index (χ0n) is 19.6. The van der Waals surface area contributed by atoms with Crippen LogP contribution in [0.3, 0.4) is 0 Å². The molecule has 192 valence electrons. The highest BCUT2D eigenvalue weighted by atomic mass is 19.4. The Morgan fingerprint density at radius 2 is 1.81 bits per heavy atom. The Balaban J connectivity index is 1.65. The zero-order valence-corrected chi connectivity index (χ0v) is 19.6. The zero-order chi connectivity index (χ0) is 26.7. The Labute approximate surface area is 209 Å². The molecule has 0 amide bonds. The van der Waals surface area contributed by atoms with Crippen LogP contribution >= 0.6 is 0 Å². The number of aromatic nitrogens is 2. The van der Waals surface area contributed by atoms with Gasteiger partial charge in [0.2, 0.25) is 17.9 Å². The number of halogens is 3. The van der Waals surface area contributed by atoms with Crippen molar-refractivity contribution in [2.45, 2.75) is 31.7 Å². The van der Waals surface area contributed by atoms with Crippen molar-refractivity contribution in [3.63, 3.8) is 0 Å². The van der Waals surface area contributed by atoms with E-state index in [1.807, 2.05) is 0 Å². The van der Waals surface area contributed by atoms with Crippen LogP contribution in [0.5, 0.6) is 5.88 Å². The molecule has 5 N–H and O–H groups in total. The molecule has 0 aliphatic heterocycles. The van der Waals surface area contributed by atoms with Crippen molar-refractivity contribution in [2.75, 3.05) is 5.73 Å². The lowest BCUT2D eigenvalue weighted by molar-refractivity contribution is -0.198. The molecule has 1 unspecified atom stereocenters. The normalized spacial score (nSPS) is 13.2. The third-order valence-electron chi connectivity index (χ3n) is 5.65. The molecule has 0 saturated heterocycles. The molecule has 0 fully saturated rings. The molecule has 11 heteroatoms. The average Bonchev–Trinajstić information content (AvgIpc) is 3.31. The number of nitrogens with zero attached hydrogens (tertiary/aromatic N) is 2. The van der Waals surface area contributed by atoms with E-state index >= 15 is 0 Å². The predicted molar refractivity (Wildman–Crippen MR) is 130 cm³/mol. The van der Waals surface area contributed by atoms with Gasteiger partial charge < -0.3 is 25.7 Å². The van der Waals surface area contributed by atoms with Crippen LogP contribution < -0.4 is 16.2 Å². The fourth-order valence-corrected chi connectivity index (χ4v) is 3.80. The van der Waals surface area contributed by atoms with E-state index in [4.69, 9.17) is 25.7 Å². The maximum absolute atomic E-state index is 14.2. The van der Waals surface area contributed by atoms with E-state index in [9.17, 15) is 18.0 Å². The minimum Gasteiger partial charge on any atom is -0.480 e. The highest BCUT2D eigenvalue weighted by molar-refractivity contribution is 5.73. The number of nitrogens with two attached hydrogens (primary N) is 2. The Hall–Kier alpha value is -4.38. The summed E-state index contributed by atoms with van der Waals surface area (Å²) in [6.07, 6.45) is -5.90. The Kier molecular flexibility index (Phi) is 7.16. The molecule has 2 aromatic carbocycles. The Morgan fingerprint density at radius 1 is 1.11 bits per heavy atom. The van der Waals surface area contributed by atoms with Crippen molar-refractivity contribution in [1.82, 2.24) is 9.97 Å². The van der Waals surface area contributed by atoms with E-state index < -0.39 is 24.3 Å². The Bertz CT molecular complexity index is 1400. The molecule has 2 heterocycles. The van der Waals surface area contributed by atoms with Crippen LogP contribution in [0.1, 0.15) is 22.8 Å². The summed E-state index contributed by atoms with van der Waals surface area (Å²) in [5, 5.41) is 8.97. The quantitative estimate of drug-likeness (QED) is 0.302. The number of aliphatic carboxylic acids is 1. The van der Waals surface area contributed by atoms with E-state index in [1.165, 1.54) is 18.4 Å². The molecule has 0 aliphatic rings. The second kappa shape index (κ2) is 10.3. The SMILES string of the molecule is Cc1ccccc1-c1occc1C(Oc1cc(-c2ccc(C[C@H](N)C(=O)O)cc2)nc(N)n1)C(F)(F)F. The minimum absolute atomic E-state index is 0.0397. The number of rotatable bonds is 8. The highest BCUT2D eigenvalue weighted by Crippen LogP contribution is 2.42. The molecule has 0 saturated carbocycles. The first-order valence-corrected chi connectivity index (χ1v) is 11.1. The molecular formula is C26H23F3N4O4. The number of anilines is 1. The Morgan fingerprint density at radius 3 is 2.46 bits per heavy atom. The summed E-state index contributed by atoms with van der Waals surface area (Å²) < 4.78 is 53.4. The molecule has 4 aromatic rings. The van der Waals surface area contributed by atoms with Crippen LogP contribution in [0.2, 0.25) is 0 Å². The van der Waals surface area contributed by atoms with E-state index in [1.54, 1.807) is 55.5 Å².